The van der Waals surface area contributed by atoms with E-state index in [1.807, 2.05) is 6.26 Å². The van der Waals surface area contributed by atoms with Gasteiger partial charge in [0.15, 0.2) is 11.5 Å². The van der Waals surface area contributed by atoms with E-state index in [9.17, 15) is 18.6 Å². The van der Waals surface area contributed by atoms with Gasteiger partial charge in [0.05, 0.1) is 19.0 Å². The number of nitrogen functional groups attached to an aromatic ring is 1. The number of fused-ring (bicyclic) bond motifs is 1. The van der Waals surface area contributed by atoms with Crippen LogP contribution in [0, 0.1) is 0 Å². The number of phosphoric acid groups is 2. The first kappa shape index (κ1) is 27.0. The second kappa shape index (κ2) is 11.4. The van der Waals surface area contributed by atoms with Crippen molar-refractivity contribution in [1.82, 2.24) is 19.5 Å². The van der Waals surface area contributed by atoms with Gasteiger partial charge in [0.2, 0.25) is 0 Å². The molecule has 3 rings (SSSR count). The molecule has 0 amide bonds. The number of nitrogens with zero attached hydrogens (tertiary/aromatic N) is 4. The van der Waals surface area contributed by atoms with Crippen molar-refractivity contribution in [3.8, 4) is 0 Å². The van der Waals surface area contributed by atoms with Gasteiger partial charge in [0, 0.05) is 6.42 Å². The van der Waals surface area contributed by atoms with Crippen molar-refractivity contribution in [3.63, 3.8) is 0 Å². The SMILES string of the molecule is CSSCO[C@H]1C[C@H](n2cnc3c(N)ncnc32)O[C@@H]1COP(=O)(O)O[PH](=O)OP(=O)(O)O. The van der Waals surface area contributed by atoms with Crippen molar-refractivity contribution in [2.45, 2.75) is 24.9 Å². The minimum Gasteiger partial charge on any atom is -0.382 e. The Bertz CT molecular complexity index is 1090. The van der Waals surface area contributed by atoms with E-state index in [1.165, 1.54) is 34.2 Å². The first-order valence-corrected chi connectivity index (χ1v) is 15.8. The molecule has 0 spiro atoms. The lowest BCUT2D eigenvalue weighted by Crippen LogP contribution is -2.28. The van der Waals surface area contributed by atoms with Crippen LogP contribution in [0.25, 0.3) is 11.2 Å². The lowest BCUT2D eigenvalue weighted by atomic mass is 10.2. The summed E-state index contributed by atoms with van der Waals surface area (Å²) in [6.07, 6.45) is 2.80. The van der Waals surface area contributed by atoms with Gasteiger partial charge in [0.1, 0.15) is 30.1 Å². The van der Waals surface area contributed by atoms with E-state index in [2.05, 4.69) is 23.6 Å². The van der Waals surface area contributed by atoms with E-state index < -0.39 is 48.9 Å². The van der Waals surface area contributed by atoms with E-state index in [4.69, 9.17) is 29.5 Å². The first-order chi connectivity index (χ1) is 15.5. The Kier molecular flexibility index (Phi) is 9.36. The zero-order valence-electron chi connectivity index (χ0n) is 16.7. The average Bonchev–Trinajstić information content (AvgIpc) is 3.29. The summed E-state index contributed by atoms with van der Waals surface area (Å²) in [5, 5.41) is 0. The van der Waals surface area contributed by atoms with Gasteiger partial charge in [-0.05, 0) is 6.26 Å². The molecule has 2 unspecified atom stereocenters. The third kappa shape index (κ3) is 7.70. The maximum Gasteiger partial charge on any atom is 0.479 e. The lowest BCUT2D eigenvalue weighted by Gasteiger charge is -2.20. The van der Waals surface area contributed by atoms with Crippen molar-refractivity contribution in [2.24, 2.45) is 0 Å². The van der Waals surface area contributed by atoms with Crippen molar-refractivity contribution in [2.75, 3.05) is 24.5 Å². The van der Waals surface area contributed by atoms with E-state index in [1.54, 1.807) is 4.57 Å². The highest BCUT2D eigenvalue weighted by atomic mass is 33.1. The zero-order valence-corrected chi connectivity index (χ0v) is 21.1. The Labute approximate surface area is 195 Å². The van der Waals surface area contributed by atoms with Crippen LogP contribution in [0.2, 0.25) is 0 Å². The first-order valence-electron chi connectivity index (χ1n) is 8.81. The second-order valence-electron chi connectivity index (χ2n) is 6.24. The molecule has 1 saturated heterocycles. The van der Waals surface area contributed by atoms with Crippen LogP contribution >= 0.6 is 45.5 Å². The number of rotatable bonds is 12. The number of hydrogen-bond acceptors (Lipinski definition) is 14. The third-order valence-corrected chi connectivity index (χ3v) is 9.12. The number of nitrogens with two attached hydrogens (primary N) is 1. The fourth-order valence-electron chi connectivity index (χ4n) is 2.84. The number of ether oxygens (including phenoxy) is 2. The standard InChI is InChI=1S/C12H20N5O11P3S2/c1-32-33-6-24-7-2-9(17-5-16-10-11(13)14-4-15-12(10)17)26-8(7)3-25-31(22,23)28-29(18)27-30(19,20)21/h4-5,7-9,29H,2-3,6H2,1H3,(H,22,23)(H2,13,14,15)(H2,19,20,21)/t7-,8+,9+/m0/s1. The van der Waals surface area contributed by atoms with Crippen LogP contribution in [0.15, 0.2) is 12.7 Å². The monoisotopic (exact) mass is 567 g/mol. The molecular formula is C12H20N5O11P3S2. The summed E-state index contributed by atoms with van der Waals surface area (Å²) in [4.78, 5) is 39.1. The molecule has 2 aromatic heterocycles. The summed E-state index contributed by atoms with van der Waals surface area (Å²) in [6, 6.07) is 0. The van der Waals surface area contributed by atoms with E-state index in [-0.39, 0.29) is 11.8 Å². The summed E-state index contributed by atoms with van der Waals surface area (Å²) in [5.41, 5.74) is 6.59. The van der Waals surface area contributed by atoms with E-state index >= 15 is 0 Å². The molecule has 16 nitrogen and oxygen atoms in total. The molecule has 0 radical (unpaired) electrons. The van der Waals surface area contributed by atoms with E-state index in [0.717, 1.165) is 0 Å². The normalized spacial score (nSPS) is 24.2. The van der Waals surface area contributed by atoms with Crippen LogP contribution in [0.4, 0.5) is 5.82 Å². The van der Waals surface area contributed by atoms with Gasteiger partial charge in [-0.3, -0.25) is 13.7 Å². The summed E-state index contributed by atoms with van der Waals surface area (Å²) in [7, 11) is -11.3. The van der Waals surface area contributed by atoms with Gasteiger partial charge >= 0.3 is 23.9 Å². The van der Waals surface area contributed by atoms with Crippen LogP contribution in [0.3, 0.4) is 0 Å². The van der Waals surface area contributed by atoms with Gasteiger partial charge in [-0.2, -0.15) is 0 Å². The van der Waals surface area contributed by atoms with Gasteiger partial charge in [0.25, 0.3) is 0 Å². The minimum absolute atomic E-state index is 0.187. The molecule has 0 aliphatic carbocycles. The Hall–Kier alpha value is -0.580. The van der Waals surface area contributed by atoms with Crippen molar-refractivity contribution < 1.29 is 51.0 Å². The predicted molar refractivity (Wildman–Crippen MR) is 118 cm³/mol. The highest BCUT2D eigenvalue weighted by molar-refractivity contribution is 8.76. The number of imidazole rings is 1. The minimum atomic E-state index is -5.19. The maximum absolute atomic E-state index is 12.0. The Morgan fingerprint density at radius 2 is 2.06 bits per heavy atom. The van der Waals surface area contributed by atoms with E-state index in [0.29, 0.717) is 17.6 Å². The molecule has 1 fully saturated rings. The van der Waals surface area contributed by atoms with Gasteiger partial charge < -0.3 is 29.9 Å². The molecule has 5 atom stereocenters. The summed E-state index contributed by atoms with van der Waals surface area (Å²) >= 11 is 0. The lowest BCUT2D eigenvalue weighted by molar-refractivity contribution is -0.0519. The molecule has 2 aromatic rings. The molecule has 21 heteroatoms. The summed E-state index contributed by atoms with van der Waals surface area (Å²) < 4.78 is 60.1. The molecule has 1 aliphatic heterocycles. The predicted octanol–water partition coefficient (Wildman–Crippen LogP) is 1.68. The average molecular weight is 567 g/mol. The van der Waals surface area contributed by atoms with Gasteiger partial charge in [-0.15, -0.1) is 0 Å². The summed E-state index contributed by atoms with van der Waals surface area (Å²) in [5.74, 6) is 0.474. The molecule has 0 bridgehead atoms. The van der Waals surface area contributed by atoms with Crippen LogP contribution in [-0.2, 0) is 36.3 Å². The second-order valence-corrected chi connectivity index (χ2v) is 12.9. The van der Waals surface area contributed by atoms with Crippen LogP contribution in [0.1, 0.15) is 12.6 Å². The highest BCUT2D eigenvalue weighted by Gasteiger charge is 2.40. The Morgan fingerprint density at radius 3 is 2.76 bits per heavy atom. The largest absolute Gasteiger partial charge is 0.479 e. The highest BCUT2D eigenvalue weighted by Crippen LogP contribution is 2.58. The van der Waals surface area contributed by atoms with Crippen molar-refractivity contribution in [3.05, 3.63) is 12.7 Å². The Balaban J connectivity index is 1.69. The number of phosphoric ester groups is 1. The fraction of sp³-hybridized carbons (Fsp3) is 0.583. The number of hydrogen-bond donors (Lipinski definition) is 4. The van der Waals surface area contributed by atoms with Gasteiger partial charge in [-0.25, -0.2) is 32.7 Å². The molecule has 0 aromatic carbocycles. The van der Waals surface area contributed by atoms with Crippen LogP contribution < -0.4 is 5.73 Å². The Morgan fingerprint density at radius 1 is 1.30 bits per heavy atom. The molecule has 1 aliphatic rings. The molecule has 5 N–H and O–H groups in total. The van der Waals surface area contributed by atoms with Crippen molar-refractivity contribution in [1.29, 1.82) is 0 Å². The third-order valence-electron chi connectivity index (χ3n) is 4.11. The van der Waals surface area contributed by atoms with Crippen LogP contribution in [0.5, 0.6) is 0 Å². The topological polar surface area (TPSA) is 228 Å². The quantitative estimate of drug-likeness (QED) is 0.124. The summed E-state index contributed by atoms with van der Waals surface area (Å²) in [6.45, 7) is -0.534. The molecular weight excluding hydrogens is 547 g/mol. The molecule has 33 heavy (non-hydrogen) atoms. The number of aromatic nitrogens is 4. The van der Waals surface area contributed by atoms with Crippen molar-refractivity contribution >= 4 is 62.5 Å². The molecule has 186 valence electrons. The maximum atomic E-state index is 12.0. The fourth-order valence-corrected chi connectivity index (χ4v) is 6.13. The van der Waals surface area contributed by atoms with Crippen LogP contribution in [-0.4, -0.2) is 65.2 Å². The smallest absolute Gasteiger partial charge is 0.382 e. The van der Waals surface area contributed by atoms with Gasteiger partial charge in [-0.1, -0.05) is 21.6 Å². The molecule has 0 saturated carbocycles. The molecule has 3 heterocycles. The zero-order chi connectivity index (χ0) is 24.2. The number of anilines is 1.